The van der Waals surface area contributed by atoms with Gasteiger partial charge in [0.2, 0.25) is 5.91 Å². The zero-order valence-corrected chi connectivity index (χ0v) is 10.7. The van der Waals surface area contributed by atoms with Crippen molar-refractivity contribution in [2.45, 2.75) is 25.4 Å². The second-order valence-corrected chi connectivity index (χ2v) is 5.26. The van der Waals surface area contributed by atoms with Crippen LogP contribution in [0.25, 0.3) is 0 Å². The summed E-state index contributed by atoms with van der Waals surface area (Å²) in [6.45, 7) is 3.25. The van der Waals surface area contributed by atoms with Crippen LogP contribution in [0, 0.1) is 0 Å². The summed E-state index contributed by atoms with van der Waals surface area (Å²) in [5.41, 5.74) is 6.61. The van der Waals surface area contributed by atoms with Gasteiger partial charge in [-0.3, -0.25) is 9.69 Å². The van der Waals surface area contributed by atoms with Crippen LogP contribution >= 0.6 is 11.3 Å². The van der Waals surface area contributed by atoms with E-state index in [1.165, 1.54) is 5.56 Å². The molecule has 0 spiro atoms. The molecule has 1 amide bonds. The summed E-state index contributed by atoms with van der Waals surface area (Å²) < 4.78 is 0. The molecule has 17 heavy (non-hydrogen) atoms. The van der Waals surface area contributed by atoms with Crippen molar-refractivity contribution in [1.82, 2.24) is 10.2 Å². The van der Waals surface area contributed by atoms with Gasteiger partial charge in [0.15, 0.2) is 0 Å². The fraction of sp³-hybridized carbons (Fsp3) is 0.583. The van der Waals surface area contributed by atoms with E-state index in [1.807, 2.05) is 0 Å². The van der Waals surface area contributed by atoms with Crippen LogP contribution in [0.5, 0.6) is 0 Å². The van der Waals surface area contributed by atoms with Crippen molar-refractivity contribution in [3.8, 4) is 0 Å². The molecule has 4 nitrogen and oxygen atoms in total. The highest BCUT2D eigenvalue weighted by Gasteiger charge is 2.22. The Labute approximate surface area is 106 Å². The first-order valence-electron chi connectivity index (χ1n) is 6.00. The van der Waals surface area contributed by atoms with Crippen molar-refractivity contribution in [2.75, 3.05) is 19.6 Å². The number of piperidine rings is 1. The molecule has 2 rings (SSSR count). The molecule has 1 aromatic rings. The summed E-state index contributed by atoms with van der Waals surface area (Å²) >= 11 is 1.69. The molecule has 2 heterocycles. The predicted octanol–water partition coefficient (Wildman–Crippen LogP) is 0.787. The van der Waals surface area contributed by atoms with E-state index in [9.17, 15) is 4.79 Å². The Kier molecular flexibility index (Phi) is 4.53. The van der Waals surface area contributed by atoms with E-state index < -0.39 is 0 Å². The van der Waals surface area contributed by atoms with E-state index in [4.69, 9.17) is 5.73 Å². The van der Waals surface area contributed by atoms with Gasteiger partial charge in [0.1, 0.15) is 0 Å². The normalized spacial score (nSPS) is 17.5. The van der Waals surface area contributed by atoms with Crippen LogP contribution in [0.15, 0.2) is 16.8 Å². The topological polar surface area (TPSA) is 58.4 Å². The summed E-state index contributed by atoms with van der Waals surface area (Å²) in [6, 6.07) is 2.59. The number of carbonyl (C=O) groups excluding carboxylic acids is 1. The number of hydrogen-bond acceptors (Lipinski definition) is 4. The molecule has 0 unspecified atom stereocenters. The standard InChI is InChI=1S/C12H19N3OS/c13-12(16)8-15(7-10-3-6-17-9-10)11-1-4-14-5-2-11/h3,6,9,11,14H,1-2,4-5,7-8H2,(H2,13,16). The molecule has 1 fully saturated rings. The molecule has 0 atom stereocenters. The lowest BCUT2D eigenvalue weighted by molar-refractivity contribution is -0.120. The van der Waals surface area contributed by atoms with Crippen LogP contribution < -0.4 is 11.1 Å². The number of nitrogens with two attached hydrogens (primary N) is 1. The van der Waals surface area contributed by atoms with Gasteiger partial charge in [0.25, 0.3) is 0 Å². The van der Waals surface area contributed by atoms with E-state index in [0.717, 1.165) is 32.5 Å². The number of nitrogens with one attached hydrogen (secondary N) is 1. The second kappa shape index (κ2) is 6.14. The number of carbonyl (C=O) groups is 1. The first-order chi connectivity index (χ1) is 8.25. The van der Waals surface area contributed by atoms with E-state index in [2.05, 4.69) is 27.0 Å². The molecule has 0 aliphatic carbocycles. The highest BCUT2D eigenvalue weighted by atomic mass is 32.1. The van der Waals surface area contributed by atoms with Crippen molar-refractivity contribution in [3.05, 3.63) is 22.4 Å². The quantitative estimate of drug-likeness (QED) is 0.815. The predicted molar refractivity (Wildman–Crippen MR) is 69.8 cm³/mol. The van der Waals surface area contributed by atoms with Gasteiger partial charge in [-0.2, -0.15) is 11.3 Å². The number of hydrogen-bond donors (Lipinski definition) is 2. The van der Waals surface area contributed by atoms with Crippen LogP contribution in [-0.4, -0.2) is 36.5 Å². The maximum absolute atomic E-state index is 11.1. The molecular weight excluding hydrogens is 234 g/mol. The van der Waals surface area contributed by atoms with E-state index in [-0.39, 0.29) is 5.91 Å². The average Bonchev–Trinajstić information content (AvgIpc) is 2.82. The Bertz CT molecular complexity index is 347. The lowest BCUT2D eigenvalue weighted by atomic mass is 10.0. The summed E-state index contributed by atoms with van der Waals surface area (Å²) in [4.78, 5) is 13.4. The maximum atomic E-state index is 11.1. The molecule has 1 saturated heterocycles. The van der Waals surface area contributed by atoms with Crippen molar-refractivity contribution >= 4 is 17.2 Å². The zero-order valence-electron chi connectivity index (χ0n) is 9.89. The van der Waals surface area contributed by atoms with Crippen molar-refractivity contribution < 1.29 is 4.79 Å². The molecule has 0 bridgehead atoms. The molecule has 0 aromatic carbocycles. The van der Waals surface area contributed by atoms with Crippen LogP contribution in [0.4, 0.5) is 0 Å². The van der Waals surface area contributed by atoms with Crippen LogP contribution in [-0.2, 0) is 11.3 Å². The van der Waals surface area contributed by atoms with E-state index in [1.54, 1.807) is 11.3 Å². The molecule has 94 valence electrons. The highest BCUT2D eigenvalue weighted by molar-refractivity contribution is 7.07. The van der Waals surface area contributed by atoms with Crippen LogP contribution in [0.3, 0.4) is 0 Å². The summed E-state index contributed by atoms with van der Waals surface area (Å²) in [5, 5.41) is 7.54. The Balaban J connectivity index is 1.98. The summed E-state index contributed by atoms with van der Waals surface area (Å²) in [6.07, 6.45) is 2.19. The third-order valence-electron chi connectivity index (χ3n) is 3.15. The molecule has 0 radical (unpaired) electrons. The van der Waals surface area contributed by atoms with Crippen molar-refractivity contribution in [2.24, 2.45) is 5.73 Å². The Morgan fingerprint density at radius 1 is 1.53 bits per heavy atom. The van der Waals surface area contributed by atoms with E-state index in [0.29, 0.717) is 12.6 Å². The Morgan fingerprint density at radius 3 is 2.88 bits per heavy atom. The average molecular weight is 253 g/mol. The fourth-order valence-corrected chi connectivity index (χ4v) is 2.96. The molecule has 5 heteroatoms. The van der Waals surface area contributed by atoms with Gasteiger partial charge in [0, 0.05) is 12.6 Å². The third-order valence-corrected chi connectivity index (χ3v) is 3.88. The third kappa shape index (κ3) is 3.80. The number of nitrogens with zero attached hydrogens (tertiary/aromatic N) is 1. The van der Waals surface area contributed by atoms with Gasteiger partial charge in [-0.15, -0.1) is 0 Å². The second-order valence-electron chi connectivity index (χ2n) is 4.48. The minimum absolute atomic E-state index is 0.237. The van der Waals surface area contributed by atoms with Crippen LogP contribution in [0.2, 0.25) is 0 Å². The van der Waals surface area contributed by atoms with Gasteiger partial charge in [-0.05, 0) is 48.3 Å². The number of thiophene rings is 1. The lowest BCUT2D eigenvalue weighted by Crippen LogP contribution is -2.46. The molecule has 1 aliphatic heterocycles. The van der Waals surface area contributed by atoms with Gasteiger partial charge in [-0.25, -0.2) is 0 Å². The monoisotopic (exact) mass is 253 g/mol. The van der Waals surface area contributed by atoms with Gasteiger partial charge in [-0.1, -0.05) is 0 Å². The molecule has 0 saturated carbocycles. The van der Waals surface area contributed by atoms with Gasteiger partial charge in [0.05, 0.1) is 6.54 Å². The Morgan fingerprint density at radius 2 is 2.29 bits per heavy atom. The molecule has 3 N–H and O–H groups in total. The maximum Gasteiger partial charge on any atom is 0.231 e. The van der Waals surface area contributed by atoms with Crippen molar-refractivity contribution in [3.63, 3.8) is 0 Å². The minimum Gasteiger partial charge on any atom is -0.369 e. The molecule has 1 aliphatic rings. The van der Waals surface area contributed by atoms with Crippen LogP contribution in [0.1, 0.15) is 18.4 Å². The van der Waals surface area contributed by atoms with Gasteiger partial charge >= 0.3 is 0 Å². The highest BCUT2D eigenvalue weighted by Crippen LogP contribution is 2.16. The minimum atomic E-state index is -0.237. The number of amides is 1. The summed E-state index contributed by atoms with van der Waals surface area (Å²) in [5.74, 6) is -0.237. The smallest absolute Gasteiger partial charge is 0.231 e. The van der Waals surface area contributed by atoms with Gasteiger partial charge < -0.3 is 11.1 Å². The first kappa shape index (κ1) is 12.5. The molecular formula is C12H19N3OS. The number of primary amides is 1. The van der Waals surface area contributed by atoms with Crippen molar-refractivity contribution in [1.29, 1.82) is 0 Å². The fourth-order valence-electron chi connectivity index (χ4n) is 2.30. The first-order valence-corrected chi connectivity index (χ1v) is 6.94. The Hall–Kier alpha value is -0.910. The number of rotatable bonds is 5. The van der Waals surface area contributed by atoms with E-state index >= 15 is 0 Å². The lowest BCUT2D eigenvalue weighted by Gasteiger charge is -2.33. The molecule has 1 aromatic heterocycles. The SMILES string of the molecule is NC(=O)CN(Cc1ccsc1)C1CCNCC1. The zero-order chi connectivity index (χ0) is 12.1. The summed E-state index contributed by atoms with van der Waals surface area (Å²) in [7, 11) is 0. The largest absolute Gasteiger partial charge is 0.369 e.